The maximum atomic E-state index is 12.7. The van der Waals surface area contributed by atoms with Gasteiger partial charge in [-0.15, -0.1) is 0 Å². The van der Waals surface area contributed by atoms with Crippen molar-refractivity contribution in [3.05, 3.63) is 30.1 Å². The Labute approximate surface area is 148 Å². The van der Waals surface area contributed by atoms with E-state index in [2.05, 4.69) is 10.3 Å². The van der Waals surface area contributed by atoms with Crippen LogP contribution in [-0.2, 0) is 9.59 Å². The summed E-state index contributed by atoms with van der Waals surface area (Å²) in [5, 5.41) is 21.7. The molecule has 1 saturated heterocycles. The first-order valence-corrected chi connectivity index (χ1v) is 8.58. The number of nitrogens with one attached hydrogen (secondary N) is 1. The van der Waals surface area contributed by atoms with E-state index in [0.717, 1.165) is 5.56 Å². The van der Waals surface area contributed by atoms with Gasteiger partial charge in [-0.05, 0) is 37.4 Å². The van der Waals surface area contributed by atoms with Crippen LogP contribution in [0.5, 0.6) is 0 Å². The fourth-order valence-corrected chi connectivity index (χ4v) is 3.94. The highest BCUT2D eigenvalue weighted by Gasteiger charge is 2.57. The van der Waals surface area contributed by atoms with Gasteiger partial charge in [-0.25, -0.2) is 0 Å². The standard InChI is InChI=1S/C18H27N3O4/c1-12(2)9-18(17(24)25)10-14(16(23)20-7-8-22)15(21(18)3)13-5-4-6-19-11-13/h4-6,11-12,14-15,22H,7-10H2,1-3H3,(H,20,23)(H,24,25)/t14-,15-,18-/m0/s1. The Kier molecular flexibility index (Phi) is 6.13. The molecule has 1 aromatic heterocycles. The Morgan fingerprint density at radius 3 is 2.72 bits per heavy atom. The Hall–Kier alpha value is -1.99. The van der Waals surface area contributed by atoms with Gasteiger partial charge in [-0.1, -0.05) is 19.9 Å². The predicted octanol–water partition coefficient (Wildman–Crippen LogP) is 1.05. The molecular formula is C18H27N3O4. The van der Waals surface area contributed by atoms with Gasteiger partial charge in [0.2, 0.25) is 5.91 Å². The summed E-state index contributed by atoms with van der Waals surface area (Å²) in [6.45, 7) is 3.97. The molecule has 0 radical (unpaired) electrons. The van der Waals surface area contributed by atoms with Gasteiger partial charge in [0.25, 0.3) is 0 Å². The van der Waals surface area contributed by atoms with E-state index in [1.54, 1.807) is 25.5 Å². The molecule has 0 aromatic carbocycles. The van der Waals surface area contributed by atoms with Crippen molar-refractivity contribution in [2.45, 2.75) is 38.3 Å². The number of likely N-dealkylation sites (tertiary alicyclic amines) is 1. The van der Waals surface area contributed by atoms with Crippen LogP contribution in [0.25, 0.3) is 0 Å². The maximum absolute atomic E-state index is 12.7. The molecule has 2 rings (SSSR count). The number of carbonyl (C=O) groups excluding carboxylic acids is 1. The van der Waals surface area contributed by atoms with Gasteiger partial charge in [0.1, 0.15) is 5.54 Å². The minimum Gasteiger partial charge on any atom is -0.480 e. The number of rotatable bonds is 7. The number of pyridine rings is 1. The van der Waals surface area contributed by atoms with Crippen molar-refractivity contribution in [1.29, 1.82) is 0 Å². The fraction of sp³-hybridized carbons (Fsp3) is 0.611. The molecule has 0 bridgehead atoms. The van der Waals surface area contributed by atoms with E-state index in [0.29, 0.717) is 6.42 Å². The minimum absolute atomic E-state index is 0.151. The first-order valence-electron chi connectivity index (χ1n) is 8.58. The third kappa shape index (κ3) is 3.82. The Morgan fingerprint density at radius 2 is 2.20 bits per heavy atom. The molecule has 3 atom stereocenters. The molecule has 1 aliphatic heterocycles. The summed E-state index contributed by atoms with van der Waals surface area (Å²) in [6, 6.07) is 3.28. The quantitative estimate of drug-likeness (QED) is 0.680. The molecule has 25 heavy (non-hydrogen) atoms. The summed E-state index contributed by atoms with van der Waals surface area (Å²) >= 11 is 0. The number of amides is 1. The maximum Gasteiger partial charge on any atom is 0.324 e. The van der Waals surface area contributed by atoms with E-state index in [9.17, 15) is 14.7 Å². The molecule has 0 saturated carbocycles. The zero-order valence-electron chi connectivity index (χ0n) is 15.0. The lowest BCUT2D eigenvalue weighted by molar-refractivity contribution is -0.151. The van der Waals surface area contributed by atoms with Crippen molar-refractivity contribution in [2.75, 3.05) is 20.2 Å². The van der Waals surface area contributed by atoms with Gasteiger partial charge in [-0.2, -0.15) is 0 Å². The number of aliphatic hydroxyl groups is 1. The molecule has 3 N–H and O–H groups in total. The average molecular weight is 349 g/mol. The molecule has 1 amide bonds. The third-order valence-corrected chi connectivity index (χ3v) is 4.95. The number of likely N-dealkylation sites (N-methyl/N-ethyl adjacent to an activating group) is 1. The SMILES string of the molecule is CC(C)C[C@@]1(C(=O)O)C[C@H](C(=O)NCCO)[C@H](c2cccnc2)N1C. The van der Waals surface area contributed by atoms with E-state index in [4.69, 9.17) is 5.11 Å². The number of aliphatic hydroxyl groups excluding tert-OH is 1. The molecular weight excluding hydrogens is 322 g/mol. The number of aromatic nitrogens is 1. The van der Waals surface area contributed by atoms with E-state index in [1.807, 2.05) is 24.8 Å². The highest BCUT2D eigenvalue weighted by molar-refractivity contribution is 5.85. The average Bonchev–Trinajstić information content (AvgIpc) is 2.87. The van der Waals surface area contributed by atoms with Gasteiger partial charge in [0, 0.05) is 25.0 Å². The second kappa shape index (κ2) is 7.93. The second-order valence-corrected chi connectivity index (χ2v) is 7.10. The van der Waals surface area contributed by atoms with Gasteiger partial charge >= 0.3 is 5.97 Å². The molecule has 0 unspecified atom stereocenters. The minimum atomic E-state index is -1.10. The lowest BCUT2D eigenvalue weighted by Crippen LogP contribution is -2.50. The summed E-state index contributed by atoms with van der Waals surface area (Å²) in [5.41, 5.74) is -0.281. The van der Waals surface area contributed by atoms with Crippen molar-refractivity contribution in [1.82, 2.24) is 15.2 Å². The van der Waals surface area contributed by atoms with Crippen LogP contribution in [0.4, 0.5) is 0 Å². The van der Waals surface area contributed by atoms with Crippen LogP contribution in [-0.4, -0.2) is 57.7 Å². The topological polar surface area (TPSA) is 103 Å². The molecule has 1 fully saturated rings. The van der Waals surface area contributed by atoms with Gasteiger partial charge in [0.15, 0.2) is 0 Å². The van der Waals surface area contributed by atoms with Gasteiger partial charge in [-0.3, -0.25) is 19.5 Å². The van der Waals surface area contributed by atoms with E-state index >= 15 is 0 Å². The zero-order valence-corrected chi connectivity index (χ0v) is 15.0. The number of carboxylic acids is 1. The van der Waals surface area contributed by atoms with Crippen molar-refractivity contribution < 1.29 is 19.8 Å². The molecule has 0 spiro atoms. The molecule has 2 heterocycles. The molecule has 1 aromatic rings. The van der Waals surface area contributed by atoms with Crippen molar-refractivity contribution >= 4 is 11.9 Å². The summed E-state index contributed by atoms with van der Waals surface area (Å²) < 4.78 is 0. The predicted molar refractivity (Wildman–Crippen MR) is 92.8 cm³/mol. The zero-order chi connectivity index (χ0) is 18.6. The summed E-state index contributed by atoms with van der Waals surface area (Å²) in [5.74, 6) is -1.49. The van der Waals surface area contributed by atoms with Crippen LogP contribution in [0.1, 0.15) is 38.3 Å². The first-order chi connectivity index (χ1) is 11.8. The van der Waals surface area contributed by atoms with Crippen LogP contribution in [0, 0.1) is 11.8 Å². The lowest BCUT2D eigenvalue weighted by Gasteiger charge is -2.36. The van der Waals surface area contributed by atoms with Crippen LogP contribution < -0.4 is 5.32 Å². The van der Waals surface area contributed by atoms with Crippen LogP contribution in [0.2, 0.25) is 0 Å². The van der Waals surface area contributed by atoms with Crippen LogP contribution in [0.15, 0.2) is 24.5 Å². The first kappa shape index (κ1) is 19.3. The molecule has 7 nitrogen and oxygen atoms in total. The summed E-state index contributed by atoms with van der Waals surface area (Å²) in [6.07, 6.45) is 4.02. The number of nitrogens with zero attached hydrogens (tertiary/aromatic N) is 2. The van der Waals surface area contributed by atoms with E-state index < -0.39 is 17.4 Å². The van der Waals surface area contributed by atoms with Gasteiger partial charge < -0.3 is 15.5 Å². The number of aliphatic carboxylic acids is 1. The molecule has 7 heteroatoms. The van der Waals surface area contributed by atoms with E-state index in [-0.39, 0.29) is 37.4 Å². The molecule has 138 valence electrons. The fourth-order valence-electron chi connectivity index (χ4n) is 3.94. The van der Waals surface area contributed by atoms with Crippen molar-refractivity contribution in [2.24, 2.45) is 11.8 Å². The number of carbonyl (C=O) groups is 2. The number of hydrogen-bond acceptors (Lipinski definition) is 5. The Morgan fingerprint density at radius 1 is 1.48 bits per heavy atom. The van der Waals surface area contributed by atoms with Crippen LogP contribution in [0.3, 0.4) is 0 Å². The third-order valence-electron chi connectivity index (χ3n) is 4.95. The molecule has 0 aliphatic carbocycles. The second-order valence-electron chi connectivity index (χ2n) is 7.10. The van der Waals surface area contributed by atoms with Crippen molar-refractivity contribution in [3.63, 3.8) is 0 Å². The highest BCUT2D eigenvalue weighted by Crippen LogP contribution is 2.48. The Balaban J connectivity index is 2.44. The summed E-state index contributed by atoms with van der Waals surface area (Å²) in [7, 11) is 1.77. The molecule has 1 aliphatic rings. The van der Waals surface area contributed by atoms with Crippen molar-refractivity contribution in [3.8, 4) is 0 Å². The smallest absolute Gasteiger partial charge is 0.324 e. The van der Waals surface area contributed by atoms with E-state index in [1.165, 1.54) is 0 Å². The van der Waals surface area contributed by atoms with Gasteiger partial charge in [0.05, 0.1) is 12.5 Å². The monoisotopic (exact) mass is 349 g/mol. The lowest BCUT2D eigenvalue weighted by atomic mass is 9.83. The normalized spacial score (nSPS) is 26.8. The number of hydrogen-bond donors (Lipinski definition) is 3. The largest absolute Gasteiger partial charge is 0.480 e. The highest BCUT2D eigenvalue weighted by atomic mass is 16.4. The Bertz CT molecular complexity index is 608. The summed E-state index contributed by atoms with van der Waals surface area (Å²) in [4.78, 5) is 30.8. The van der Waals surface area contributed by atoms with Crippen LogP contribution >= 0.6 is 0 Å². The number of carboxylic acid groups (broad SMARTS) is 1.